The first-order chi connectivity index (χ1) is 15.6. The van der Waals surface area contributed by atoms with Crippen LogP contribution in [-0.2, 0) is 4.84 Å². The van der Waals surface area contributed by atoms with Crippen molar-refractivity contribution in [1.82, 2.24) is 20.5 Å². The molecule has 9 nitrogen and oxygen atoms in total. The van der Waals surface area contributed by atoms with E-state index in [1.165, 1.54) is 0 Å². The van der Waals surface area contributed by atoms with Crippen molar-refractivity contribution in [2.24, 2.45) is 5.10 Å². The maximum absolute atomic E-state index is 5.47. The standard InChI is InChI=1S/C23H28N6O3/c1-28-15-16(13-25-28)23-14-24-21-6-5-17(11-22(21)27-23)29(8-7-26-32-4)18-9-19(30-2)12-20(10-18)31-3/h5-6,9-14,16,26H,7-8,15H2,1-4H3. The molecule has 2 heterocycles. The minimum absolute atomic E-state index is 0.144. The number of benzene rings is 2. The second-order valence-electron chi connectivity index (χ2n) is 7.50. The van der Waals surface area contributed by atoms with E-state index in [9.17, 15) is 0 Å². The van der Waals surface area contributed by atoms with Crippen LogP contribution in [0.2, 0.25) is 0 Å². The Labute approximate surface area is 187 Å². The molecule has 1 N–H and O–H groups in total. The van der Waals surface area contributed by atoms with Gasteiger partial charge in [0, 0.05) is 68.7 Å². The molecule has 3 aromatic rings. The van der Waals surface area contributed by atoms with Crippen LogP contribution < -0.4 is 19.9 Å². The molecular formula is C23H28N6O3. The van der Waals surface area contributed by atoms with Crippen molar-refractivity contribution in [3.63, 3.8) is 0 Å². The molecule has 0 saturated heterocycles. The van der Waals surface area contributed by atoms with Crippen LogP contribution in [0.5, 0.6) is 11.5 Å². The van der Waals surface area contributed by atoms with Crippen molar-refractivity contribution in [3.8, 4) is 11.5 Å². The molecule has 0 aliphatic carbocycles. The van der Waals surface area contributed by atoms with Crippen molar-refractivity contribution in [2.45, 2.75) is 5.92 Å². The number of rotatable bonds is 9. The van der Waals surface area contributed by atoms with Gasteiger partial charge in [-0.05, 0) is 18.2 Å². The van der Waals surface area contributed by atoms with E-state index in [-0.39, 0.29) is 5.92 Å². The quantitative estimate of drug-likeness (QED) is 0.405. The monoisotopic (exact) mass is 436 g/mol. The highest BCUT2D eigenvalue weighted by Gasteiger charge is 2.19. The van der Waals surface area contributed by atoms with Crippen LogP contribution in [0.15, 0.2) is 47.7 Å². The van der Waals surface area contributed by atoms with E-state index in [0.717, 1.165) is 46.1 Å². The maximum Gasteiger partial charge on any atom is 0.124 e. The van der Waals surface area contributed by atoms with Crippen LogP contribution in [0, 0.1) is 0 Å². The van der Waals surface area contributed by atoms with E-state index in [0.29, 0.717) is 13.1 Å². The first-order valence-electron chi connectivity index (χ1n) is 10.4. The highest BCUT2D eigenvalue weighted by molar-refractivity contribution is 5.82. The summed E-state index contributed by atoms with van der Waals surface area (Å²) in [5.74, 6) is 1.58. The van der Waals surface area contributed by atoms with Gasteiger partial charge in [-0.1, -0.05) is 0 Å². The van der Waals surface area contributed by atoms with Crippen LogP contribution in [0.25, 0.3) is 11.0 Å². The van der Waals surface area contributed by atoms with Gasteiger partial charge in [0.2, 0.25) is 0 Å². The smallest absolute Gasteiger partial charge is 0.124 e. The van der Waals surface area contributed by atoms with Gasteiger partial charge in [0.05, 0.1) is 44.0 Å². The summed E-state index contributed by atoms with van der Waals surface area (Å²) in [5.41, 5.74) is 7.43. The summed E-state index contributed by atoms with van der Waals surface area (Å²) in [6, 6.07) is 11.9. The van der Waals surface area contributed by atoms with Gasteiger partial charge in [0.1, 0.15) is 11.5 Å². The number of methoxy groups -OCH3 is 2. The zero-order chi connectivity index (χ0) is 22.5. The third-order valence-corrected chi connectivity index (χ3v) is 5.37. The third kappa shape index (κ3) is 4.74. The average molecular weight is 437 g/mol. The summed E-state index contributed by atoms with van der Waals surface area (Å²) >= 11 is 0. The molecule has 1 aliphatic heterocycles. The van der Waals surface area contributed by atoms with Gasteiger partial charge < -0.3 is 19.2 Å². The lowest BCUT2D eigenvalue weighted by atomic mass is 10.1. The summed E-state index contributed by atoms with van der Waals surface area (Å²) in [6.07, 6.45) is 3.76. The average Bonchev–Trinajstić information content (AvgIpc) is 3.27. The van der Waals surface area contributed by atoms with Crippen LogP contribution in [0.1, 0.15) is 11.6 Å². The first-order valence-corrected chi connectivity index (χ1v) is 10.4. The summed E-state index contributed by atoms with van der Waals surface area (Å²) in [7, 11) is 6.85. The Morgan fingerprint density at radius 2 is 1.81 bits per heavy atom. The number of hydrogen-bond acceptors (Lipinski definition) is 9. The van der Waals surface area contributed by atoms with Crippen LogP contribution in [-0.4, -0.2) is 69.2 Å². The molecule has 2 aromatic carbocycles. The van der Waals surface area contributed by atoms with E-state index in [4.69, 9.17) is 19.3 Å². The SMILES string of the molecule is CONCCN(c1cc(OC)cc(OC)c1)c1ccc2ncc(C3C=NN(C)C3)nc2c1. The second kappa shape index (κ2) is 9.80. The molecule has 0 amide bonds. The molecule has 0 radical (unpaired) electrons. The predicted molar refractivity (Wildman–Crippen MR) is 125 cm³/mol. The molecule has 32 heavy (non-hydrogen) atoms. The van der Waals surface area contributed by atoms with Gasteiger partial charge in [0.25, 0.3) is 0 Å². The summed E-state index contributed by atoms with van der Waals surface area (Å²) in [6.45, 7) is 2.08. The molecule has 0 fully saturated rings. The van der Waals surface area contributed by atoms with Gasteiger partial charge in [-0.3, -0.25) is 9.99 Å². The van der Waals surface area contributed by atoms with Crippen molar-refractivity contribution in [2.75, 3.05) is 52.9 Å². The van der Waals surface area contributed by atoms with Crippen LogP contribution in [0.4, 0.5) is 11.4 Å². The van der Waals surface area contributed by atoms with Crippen LogP contribution >= 0.6 is 0 Å². The van der Waals surface area contributed by atoms with Gasteiger partial charge >= 0.3 is 0 Å². The zero-order valence-electron chi connectivity index (χ0n) is 18.8. The maximum atomic E-state index is 5.47. The van der Waals surface area contributed by atoms with E-state index in [1.807, 2.05) is 54.8 Å². The lowest BCUT2D eigenvalue weighted by molar-refractivity contribution is 0.0943. The number of nitrogens with zero attached hydrogens (tertiary/aromatic N) is 5. The number of hydrogen-bond donors (Lipinski definition) is 1. The Morgan fingerprint density at radius 3 is 2.47 bits per heavy atom. The normalized spacial score (nSPS) is 15.4. The lowest BCUT2D eigenvalue weighted by Gasteiger charge is -2.26. The van der Waals surface area contributed by atoms with Gasteiger partial charge in [0.15, 0.2) is 0 Å². The molecule has 0 bridgehead atoms. The van der Waals surface area contributed by atoms with E-state index >= 15 is 0 Å². The molecule has 9 heteroatoms. The minimum atomic E-state index is 0.144. The summed E-state index contributed by atoms with van der Waals surface area (Å²) < 4.78 is 10.9. The zero-order valence-corrected chi connectivity index (χ0v) is 18.8. The molecular weight excluding hydrogens is 408 g/mol. The van der Waals surface area contributed by atoms with E-state index in [1.54, 1.807) is 21.3 Å². The fourth-order valence-corrected chi connectivity index (χ4v) is 3.72. The number of hydroxylamine groups is 1. The van der Waals surface area contributed by atoms with E-state index in [2.05, 4.69) is 26.5 Å². The predicted octanol–water partition coefficient (Wildman–Crippen LogP) is 2.95. The Hall–Kier alpha value is -3.43. The van der Waals surface area contributed by atoms with Crippen molar-refractivity contribution >= 4 is 28.6 Å². The highest BCUT2D eigenvalue weighted by atomic mass is 16.6. The minimum Gasteiger partial charge on any atom is -0.497 e. The molecule has 0 saturated carbocycles. The topological polar surface area (TPSA) is 84.3 Å². The molecule has 1 atom stereocenters. The lowest BCUT2D eigenvalue weighted by Crippen LogP contribution is -2.28. The Bertz CT molecular complexity index is 1080. The molecule has 1 unspecified atom stereocenters. The fourth-order valence-electron chi connectivity index (χ4n) is 3.72. The third-order valence-electron chi connectivity index (χ3n) is 5.37. The number of likely N-dealkylation sites (N-methyl/N-ethyl adjacent to an activating group) is 1. The van der Waals surface area contributed by atoms with Crippen molar-refractivity contribution in [1.29, 1.82) is 0 Å². The molecule has 0 spiro atoms. The molecule has 1 aromatic heterocycles. The molecule has 4 rings (SSSR count). The number of ether oxygens (including phenoxy) is 2. The molecule has 1 aliphatic rings. The van der Waals surface area contributed by atoms with E-state index < -0.39 is 0 Å². The number of hydrazone groups is 1. The van der Waals surface area contributed by atoms with Gasteiger partial charge in [-0.2, -0.15) is 5.10 Å². The first kappa shape index (κ1) is 21.8. The van der Waals surface area contributed by atoms with Crippen LogP contribution in [0.3, 0.4) is 0 Å². The fraction of sp³-hybridized carbons (Fsp3) is 0.348. The summed E-state index contributed by atoms with van der Waals surface area (Å²) in [5, 5.41) is 6.23. The number of aromatic nitrogens is 2. The largest absolute Gasteiger partial charge is 0.497 e. The number of anilines is 2. The highest BCUT2D eigenvalue weighted by Crippen LogP contribution is 2.33. The van der Waals surface area contributed by atoms with Gasteiger partial charge in [-0.15, -0.1) is 0 Å². The number of nitrogens with one attached hydrogen (secondary N) is 1. The Balaban J connectivity index is 1.73. The summed E-state index contributed by atoms with van der Waals surface area (Å²) in [4.78, 5) is 16.7. The van der Waals surface area contributed by atoms with Gasteiger partial charge in [-0.25, -0.2) is 10.5 Å². The number of fused-ring (bicyclic) bond motifs is 1. The second-order valence-corrected chi connectivity index (χ2v) is 7.50. The Morgan fingerprint density at radius 1 is 1.03 bits per heavy atom. The van der Waals surface area contributed by atoms with Crippen molar-refractivity contribution < 1.29 is 14.3 Å². The molecule has 168 valence electrons. The Kier molecular flexibility index (Phi) is 6.67. The van der Waals surface area contributed by atoms with Crippen molar-refractivity contribution in [3.05, 3.63) is 48.3 Å².